The third-order valence-corrected chi connectivity index (χ3v) is 3.47. The molecule has 17 heavy (non-hydrogen) atoms. The van der Waals surface area contributed by atoms with Crippen LogP contribution in [0.2, 0.25) is 0 Å². The van der Waals surface area contributed by atoms with Crippen LogP contribution in [0.15, 0.2) is 22.8 Å². The molecule has 0 N–H and O–H groups in total. The van der Waals surface area contributed by atoms with E-state index in [0.29, 0.717) is 12.2 Å². The molecule has 2 nitrogen and oxygen atoms in total. The number of Topliss-reactive ketones (excluding diaryl/α,β-unsaturated/α-hetero) is 1. The third-order valence-electron chi connectivity index (χ3n) is 3.00. The van der Waals surface area contributed by atoms with Crippen molar-refractivity contribution in [1.82, 2.24) is 4.98 Å². The van der Waals surface area contributed by atoms with Gasteiger partial charge >= 0.3 is 0 Å². The first-order valence-corrected chi connectivity index (χ1v) is 7.09. The topological polar surface area (TPSA) is 30.0 Å². The average molecular weight is 298 g/mol. The summed E-state index contributed by atoms with van der Waals surface area (Å²) in [6, 6.07) is 3.84. The van der Waals surface area contributed by atoms with Gasteiger partial charge in [-0.05, 0) is 40.9 Å². The summed E-state index contributed by atoms with van der Waals surface area (Å²) in [7, 11) is 0. The number of rotatable bonds is 7. The zero-order valence-corrected chi connectivity index (χ0v) is 12.2. The molecule has 1 heterocycles. The fraction of sp³-hybridized carbons (Fsp3) is 0.571. The van der Waals surface area contributed by atoms with Crippen LogP contribution in [-0.4, -0.2) is 10.8 Å². The largest absolute Gasteiger partial charge is 0.299 e. The summed E-state index contributed by atoms with van der Waals surface area (Å²) in [5, 5.41) is 0. The molecule has 0 bridgehead atoms. The van der Waals surface area contributed by atoms with Gasteiger partial charge in [-0.2, -0.15) is 0 Å². The Labute approximate surface area is 112 Å². The van der Waals surface area contributed by atoms with Gasteiger partial charge in [0, 0.05) is 28.7 Å². The standard InChI is InChI=1S/C14H20BrNO/c1-3-5-6-11(4-2)14(17)9-13-8-7-12(15)10-16-13/h7-8,10-11H,3-6,9H2,1-2H3. The van der Waals surface area contributed by atoms with E-state index in [0.717, 1.165) is 35.8 Å². The molecule has 0 fully saturated rings. The fourth-order valence-corrected chi connectivity index (χ4v) is 2.11. The molecule has 0 radical (unpaired) electrons. The zero-order valence-electron chi connectivity index (χ0n) is 10.6. The summed E-state index contributed by atoms with van der Waals surface area (Å²) in [6.07, 6.45) is 6.46. The van der Waals surface area contributed by atoms with Crippen molar-refractivity contribution in [1.29, 1.82) is 0 Å². The van der Waals surface area contributed by atoms with Crippen LogP contribution in [0, 0.1) is 5.92 Å². The number of pyridine rings is 1. The minimum atomic E-state index is 0.209. The summed E-state index contributed by atoms with van der Waals surface area (Å²) >= 11 is 3.34. The van der Waals surface area contributed by atoms with E-state index in [1.54, 1.807) is 6.20 Å². The number of hydrogen-bond donors (Lipinski definition) is 0. The molecule has 0 aromatic carbocycles. The number of unbranched alkanes of at least 4 members (excludes halogenated alkanes) is 1. The monoisotopic (exact) mass is 297 g/mol. The van der Waals surface area contributed by atoms with E-state index in [2.05, 4.69) is 34.8 Å². The predicted octanol–water partition coefficient (Wildman–Crippen LogP) is 4.17. The Bertz CT molecular complexity index is 348. The summed E-state index contributed by atoms with van der Waals surface area (Å²) in [4.78, 5) is 16.3. The smallest absolute Gasteiger partial charge is 0.141 e. The van der Waals surface area contributed by atoms with Gasteiger partial charge in [0.25, 0.3) is 0 Å². The minimum Gasteiger partial charge on any atom is -0.299 e. The second-order valence-electron chi connectivity index (χ2n) is 4.36. The van der Waals surface area contributed by atoms with Gasteiger partial charge in [-0.1, -0.05) is 26.7 Å². The van der Waals surface area contributed by atoms with Gasteiger partial charge < -0.3 is 0 Å². The lowest BCUT2D eigenvalue weighted by molar-refractivity contribution is -0.122. The van der Waals surface area contributed by atoms with Crippen LogP contribution in [0.25, 0.3) is 0 Å². The second-order valence-corrected chi connectivity index (χ2v) is 5.27. The van der Waals surface area contributed by atoms with Crippen molar-refractivity contribution in [2.45, 2.75) is 46.0 Å². The third kappa shape index (κ3) is 4.99. The molecule has 1 unspecified atom stereocenters. The van der Waals surface area contributed by atoms with Crippen molar-refractivity contribution in [3.63, 3.8) is 0 Å². The van der Waals surface area contributed by atoms with Crippen LogP contribution in [0.4, 0.5) is 0 Å². The van der Waals surface area contributed by atoms with Gasteiger partial charge in [-0.15, -0.1) is 0 Å². The van der Waals surface area contributed by atoms with Gasteiger partial charge in [0.1, 0.15) is 5.78 Å². The number of nitrogens with zero attached hydrogens (tertiary/aromatic N) is 1. The number of carbonyl (C=O) groups excluding carboxylic acids is 1. The molecule has 1 atom stereocenters. The van der Waals surface area contributed by atoms with Crippen LogP contribution in [0.1, 0.15) is 45.2 Å². The highest BCUT2D eigenvalue weighted by Gasteiger charge is 2.16. The summed E-state index contributed by atoms with van der Waals surface area (Å²) in [5.41, 5.74) is 0.869. The molecule has 1 aromatic rings. The van der Waals surface area contributed by atoms with Gasteiger partial charge in [0.2, 0.25) is 0 Å². The van der Waals surface area contributed by atoms with E-state index in [-0.39, 0.29) is 5.92 Å². The fourth-order valence-electron chi connectivity index (χ4n) is 1.88. The number of aromatic nitrogens is 1. The average Bonchev–Trinajstić information content (AvgIpc) is 2.33. The maximum atomic E-state index is 12.1. The molecular weight excluding hydrogens is 278 g/mol. The van der Waals surface area contributed by atoms with E-state index >= 15 is 0 Å². The van der Waals surface area contributed by atoms with E-state index in [1.165, 1.54) is 0 Å². The van der Waals surface area contributed by atoms with Crippen molar-refractivity contribution in [2.24, 2.45) is 5.92 Å². The Kier molecular flexibility index (Phi) is 6.41. The van der Waals surface area contributed by atoms with E-state index in [4.69, 9.17) is 0 Å². The molecule has 0 saturated carbocycles. The number of halogens is 1. The maximum Gasteiger partial charge on any atom is 0.141 e. The molecule has 0 aliphatic carbocycles. The Morgan fingerprint density at radius 3 is 2.71 bits per heavy atom. The summed E-state index contributed by atoms with van der Waals surface area (Å²) < 4.78 is 0.951. The first-order chi connectivity index (χ1) is 8.17. The highest BCUT2D eigenvalue weighted by Crippen LogP contribution is 2.16. The van der Waals surface area contributed by atoms with Crippen molar-refractivity contribution in [3.8, 4) is 0 Å². The van der Waals surface area contributed by atoms with E-state index < -0.39 is 0 Å². The molecule has 3 heteroatoms. The number of hydrogen-bond acceptors (Lipinski definition) is 2. The minimum absolute atomic E-state index is 0.209. The van der Waals surface area contributed by atoms with E-state index in [1.807, 2.05) is 12.1 Å². The lowest BCUT2D eigenvalue weighted by Crippen LogP contribution is -2.16. The molecule has 0 aliphatic heterocycles. The van der Waals surface area contributed by atoms with Gasteiger partial charge in [-0.3, -0.25) is 9.78 Å². The SMILES string of the molecule is CCCCC(CC)C(=O)Cc1ccc(Br)cn1. The molecule has 0 spiro atoms. The van der Waals surface area contributed by atoms with E-state index in [9.17, 15) is 4.79 Å². The van der Waals surface area contributed by atoms with Crippen molar-refractivity contribution in [2.75, 3.05) is 0 Å². The molecule has 0 saturated heterocycles. The molecule has 1 aromatic heterocycles. The second kappa shape index (κ2) is 7.59. The van der Waals surface area contributed by atoms with Crippen LogP contribution >= 0.6 is 15.9 Å². The van der Waals surface area contributed by atoms with Crippen LogP contribution < -0.4 is 0 Å². The Morgan fingerprint density at radius 1 is 1.41 bits per heavy atom. The highest BCUT2D eigenvalue weighted by molar-refractivity contribution is 9.10. The molecule has 0 aliphatic rings. The van der Waals surface area contributed by atoms with Crippen molar-refractivity contribution >= 4 is 21.7 Å². The molecule has 0 amide bonds. The Hall–Kier alpha value is -0.700. The summed E-state index contributed by atoms with van der Waals surface area (Å²) in [5.74, 6) is 0.538. The van der Waals surface area contributed by atoms with Crippen molar-refractivity contribution in [3.05, 3.63) is 28.5 Å². The number of carbonyl (C=O) groups is 1. The lowest BCUT2D eigenvalue weighted by atomic mass is 9.92. The van der Waals surface area contributed by atoms with Crippen LogP contribution in [-0.2, 0) is 11.2 Å². The van der Waals surface area contributed by atoms with Gasteiger partial charge in [0.15, 0.2) is 0 Å². The highest BCUT2D eigenvalue weighted by atomic mass is 79.9. The first-order valence-electron chi connectivity index (χ1n) is 6.30. The maximum absolute atomic E-state index is 12.1. The van der Waals surface area contributed by atoms with Gasteiger partial charge in [-0.25, -0.2) is 0 Å². The molecule has 94 valence electrons. The molecular formula is C14H20BrNO. The summed E-state index contributed by atoms with van der Waals surface area (Å²) in [6.45, 7) is 4.25. The predicted molar refractivity (Wildman–Crippen MR) is 74.0 cm³/mol. The zero-order chi connectivity index (χ0) is 12.7. The Morgan fingerprint density at radius 2 is 2.18 bits per heavy atom. The lowest BCUT2D eigenvalue weighted by Gasteiger charge is -2.12. The molecule has 1 rings (SSSR count). The normalized spacial score (nSPS) is 12.4. The van der Waals surface area contributed by atoms with Gasteiger partial charge in [0.05, 0.1) is 0 Å². The number of ketones is 1. The Balaban J connectivity index is 2.54. The van der Waals surface area contributed by atoms with Crippen molar-refractivity contribution < 1.29 is 4.79 Å². The van der Waals surface area contributed by atoms with Crippen LogP contribution in [0.5, 0.6) is 0 Å². The van der Waals surface area contributed by atoms with Crippen LogP contribution in [0.3, 0.4) is 0 Å². The quantitative estimate of drug-likeness (QED) is 0.756. The first kappa shape index (κ1) is 14.4.